The van der Waals surface area contributed by atoms with E-state index in [2.05, 4.69) is 19.1 Å². The third-order valence-electron chi connectivity index (χ3n) is 5.22. The zero-order chi connectivity index (χ0) is 20.5. The van der Waals surface area contributed by atoms with Crippen LogP contribution in [-0.2, 0) is 4.79 Å². The molecule has 148 valence electrons. The average Bonchev–Trinajstić information content (AvgIpc) is 3.16. The molecule has 0 fully saturated rings. The number of anilines is 1. The van der Waals surface area contributed by atoms with Gasteiger partial charge in [-0.25, -0.2) is 0 Å². The van der Waals surface area contributed by atoms with Gasteiger partial charge in [0.2, 0.25) is 0 Å². The predicted octanol–water partition coefficient (Wildman–Crippen LogP) is 5.82. The highest BCUT2D eigenvalue weighted by molar-refractivity contribution is 7.99. The first-order chi connectivity index (χ1) is 14.1. The monoisotopic (exact) mass is 441 g/mol. The Kier molecular flexibility index (Phi) is 5.73. The number of nitrogens with zero attached hydrogens (tertiary/aromatic N) is 2. The molecule has 7 heteroatoms. The molecule has 1 aliphatic heterocycles. The maximum atomic E-state index is 13.1. The lowest BCUT2D eigenvalue weighted by Gasteiger charge is -2.39. The first-order valence-electron chi connectivity index (χ1n) is 9.48. The molecular weight excluding hydrogens is 422 g/mol. The quantitative estimate of drug-likeness (QED) is 0.605. The van der Waals surface area contributed by atoms with Crippen LogP contribution >= 0.6 is 34.7 Å². The van der Waals surface area contributed by atoms with E-state index in [1.807, 2.05) is 22.4 Å². The zero-order valence-electron chi connectivity index (χ0n) is 15.9. The number of hydrogen-bond acceptors (Lipinski definition) is 6. The molecular formula is C22H20ClN3OS2. The fourth-order valence-electron chi connectivity index (χ4n) is 4.03. The summed E-state index contributed by atoms with van der Waals surface area (Å²) in [6.45, 7) is 2.10. The minimum Gasteiger partial charge on any atom is -0.384 e. The van der Waals surface area contributed by atoms with Crippen molar-refractivity contribution < 1.29 is 4.79 Å². The van der Waals surface area contributed by atoms with Crippen LogP contribution in [0.1, 0.15) is 37.0 Å². The highest BCUT2D eigenvalue weighted by Gasteiger charge is 2.41. The number of nitriles is 1. The van der Waals surface area contributed by atoms with Crippen LogP contribution in [0.25, 0.3) is 0 Å². The molecule has 29 heavy (non-hydrogen) atoms. The minimum absolute atomic E-state index is 0.108. The lowest BCUT2D eigenvalue weighted by molar-refractivity contribution is -0.116. The first kappa shape index (κ1) is 20.1. The molecule has 1 aromatic carbocycles. The van der Waals surface area contributed by atoms with Crippen molar-refractivity contribution in [3.63, 3.8) is 0 Å². The summed E-state index contributed by atoms with van der Waals surface area (Å²) >= 11 is 9.38. The maximum Gasteiger partial charge on any atom is 0.161 e. The largest absolute Gasteiger partial charge is 0.384 e. The Morgan fingerprint density at radius 3 is 2.76 bits per heavy atom. The van der Waals surface area contributed by atoms with Crippen molar-refractivity contribution in [1.29, 1.82) is 5.26 Å². The van der Waals surface area contributed by atoms with Crippen molar-refractivity contribution in [2.24, 2.45) is 5.73 Å². The third-order valence-corrected chi connectivity index (χ3v) is 7.54. The smallest absolute Gasteiger partial charge is 0.161 e. The SMILES string of the molecule is CCSc1ccsc1[C@@H]1C(C#N)=C(N)N(c2ccc(Cl)cc2)C2=C1C(=O)CCC2. The molecule has 1 aliphatic carbocycles. The van der Waals surface area contributed by atoms with Gasteiger partial charge in [-0.3, -0.25) is 9.69 Å². The predicted molar refractivity (Wildman–Crippen MR) is 120 cm³/mol. The molecule has 0 amide bonds. The second kappa shape index (κ2) is 8.27. The van der Waals surface area contributed by atoms with Gasteiger partial charge in [0.15, 0.2) is 5.78 Å². The second-order valence-corrected chi connectivity index (χ2v) is 9.56. The summed E-state index contributed by atoms with van der Waals surface area (Å²) in [6, 6.07) is 11.7. The van der Waals surface area contributed by atoms with E-state index in [1.54, 1.807) is 35.2 Å². The number of thiophene rings is 1. The van der Waals surface area contributed by atoms with Gasteiger partial charge >= 0.3 is 0 Å². The molecule has 2 aromatic rings. The Morgan fingerprint density at radius 1 is 1.31 bits per heavy atom. The van der Waals surface area contributed by atoms with Crippen LogP contribution in [0.2, 0.25) is 5.02 Å². The standard InChI is InChI=1S/C22H20ClN3OS2/c1-2-28-18-10-11-29-21(18)19-15(12-24)22(25)26(14-8-6-13(23)7-9-14)16-4-3-5-17(27)20(16)19/h6-11,19H,2-5,25H2,1H3/t19-/m1/s1. The third kappa shape index (κ3) is 3.48. The molecule has 2 aliphatic rings. The van der Waals surface area contributed by atoms with E-state index >= 15 is 0 Å². The molecule has 0 saturated carbocycles. The number of Topliss-reactive ketones (excluding diaryl/α,β-unsaturated/α-hetero) is 1. The van der Waals surface area contributed by atoms with Crippen LogP contribution in [0.3, 0.4) is 0 Å². The number of hydrogen-bond donors (Lipinski definition) is 1. The number of rotatable bonds is 4. The summed E-state index contributed by atoms with van der Waals surface area (Å²) in [7, 11) is 0. The number of allylic oxidation sites excluding steroid dienone is 3. The van der Waals surface area contributed by atoms with Crippen LogP contribution < -0.4 is 10.6 Å². The van der Waals surface area contributed by atoms with Gasteiger partial charge in [-0.1, -0.05) is 18.5 Å². The summed E-state index contributed by atoms with van der Waals surface area (Å²) < 4.78 is 0. The van der Waals surface area contributed by atoms with Crippen molar-refractivity contribution >= 4 is 46.2 Å². The summed E-state index contributed by atoms with van der Waals surface area (Å²) in [5.74, 6) is 1.04. The van der Waals surface area contributed by atoms with Gasteiger partial charge in [0.05, 0.1) is 17.6 Å². The van der Waals surface area contributed by atoms with Crippen LogP contribution in [0, 0.1) is 11.3 Å². The summed E-state index contributed by atoms with van der Waals surface area (Å²) in [5, 5.41) is 12.7. The van der Waals surface area contributed by atoms with E-state index in [9.17, 15) is 10.1 Å². The van der Waals surface area contributed by atoms with Gasteiger partial charge in [0, 0.05) is 38.2 Å². The number of carbonyl (C=O) groups is 1. The van der Waals surface area contributed by atoms with E-state index in [0.717, 1.165) is 45.3 Å². The van der Waals surface area contributed by atoms with Crippen LogP contribution in [0.5, 0.6) is 0 Å². The van der Waals surface area contributed by atoms with Gasteiger partial charge in [-0.15, -0.1) is 23.1 Å². The van der Waals surface area contributed by atoms with Gasteiger partial charge in [0.1, 0.15) is 5.82 Å². The van der Waals surface area contributed by atoms with E-state index in [0.29, 0.717) is 22.8 Å². The lowest BCUT2D eigenvalue weighted by atomic mass is 9.78. The van der Waals surface area contributed by atoms with E-state index in [-0.39, 0.29) is 11.7 Å². The van der Waals surface area contributed by atoms with Crippen molar-refractivity contribution in [1.82, 2.24) is 0 Å². The van der Waals surface area contributed by atoms with Crippen molar-refractivity contribution in [2.75, 3.05) is 10.7 Å². The molecule has 0 radical (unpaired) electrons. The Labute approximate surface area is 183 Å². The Balaban J connectivity index is 1.94. The summed E-state index contributed by atoms with van der Waals surface area (Å²) in [4.78, 5) is 17.2. The summed E-state index contributed by atoms with van der Waals surface area (Å²) in [5.41, 5.74) is 9.46. The highest BCUT2D eigenvalue weighted by atomic mass is 35.5. The lowest BCUT2D eigenvalue weighted by Crippen LogP contribution is -2.38. The van der Waals surface area contributed by atoms with Crippen LogP contribution in [0.15, 0.2) is 63.3 Å². The fraction of sp³-hybridized carbons (Fsp3) is 0.273. The van der Waals surface area contributed by atoms with E-state index in [1.165, 1.54) is 0 Å². The molecule has 1 atom stereocenters. The van der Waals surface area contributed by atoms with Gasteiger partial charge < -0.3 is 5.73 Å². The number of ketones is 1. The molecule has 4 nitrogen and oxygen atoms in total. The molecule has 0 spiro atoms. The number of thioether (sulfide) groups is 1. The van der Waals surface area contributed by atoms with E-state index in [4.69, 9.17) is 17.3 Å². The molecule has 0 unspecified atom stereocenters. The Bertz CT molecular complexity index is 1060. The summed E-state index contributed by atoms with van der Waals surface area (Å²) in [6.07, 6.45) is 2.04. The average molecular weight is 442 g/mol. The first-order valence-corrected chi connectivity index (χ1v) is 11.7. The van der Waals surface area contributed by atoms with Gasteiger partial charge in [-0.05, 0) is 54.3 Å². The number of nitrogens with two attached hydrogens (primary N) is 1. The van der Waals surface area contributed by atoms with Crippen LogP contribution in [-0.4, -0.2) is 11.5 Å². The normalized spacial score (nSPS) is 19.4. The molecule has 2 N–H and O–H groups in total. The van der Waals surface area contributed by atoms with Crippen molar-refractivity contribution in [3.8, 4) is 6.07 Å². The molecule has 2 heterocycles. The number of halogens is 1. The Morgan fingerprint density at radius 2 is 2.07 bits per heavy atom. The second-order valence-electron chi connectivity index (χ2n) is 6.87. The topological polar surface area (TPSA) is 70.1 Å². The van der Waals surface area contributed by atoms with E-state index < -0.39 is 0 Å². The molecule has 0 saturated heterocycles. The Hall–Kier alpha value is -2.20. The fourth-order valence-corrected chi connectivity index (χ4v) is 6.20. The van der Waals surface area contributed by atoms with Crippen molar-refractivity contribution in [2.45, 2.75) is 37.0 Å². The highest BCUT2D eigenvalue weighted by Crippen LogP contribution is 2.49. The number of benzene rings is 1. The zero-order valence-corrected chi connectivity index (χ0v) is 18.3. The van der Waals surface area contributed by atoms with Crippen LogP contribution in [0.4, 0.5) is 5.69 Å². The molecule has 1 aromatic heterocycles. The van der Waals surface area contributed by atoms with Gasteiger partial charge in [0.25, 0.3) is 0 Å². The molecule has 0 bridgehead atoms. The van der Waals surface area contributed by atoms with Gasteiger partial charge in [-0.2, -0.15) is 5.26 Å². The minimum atomic E-state index is -0.389. The van der Waals surface area contributed by atoms with Crippen molar-refractivity contribution in [3.05, 3.63) is 68.3 Å². The number of carbonyl (C=O) groups excluding carboxylic acids is 1. The maximum absolute atomic E-state index is 13.1. The molecule has 4 rings (SSSR count).